The lowest BCUT2D eigenvalue weighted by Gasteiger charge is -1.95. The standard InChI is InChI=1S/C10H11Br.BrH/c11-7-9-6-10(9)8-4-2-1-3-5-8;/h1-5,9-10H,6-7H2;1H. The molecule has 0 radical (unpaired) electrons. The fourth-order valence-corrected chi connectivity index (χ4v) is 2.24. The van der Waals surface area contributed by atoms with Crippen LogP contribution in [0.4, 0.5) is 0 Å². The van der Waals surface area contributed by atoms with Gasteiger partial charge in [0.2, 0.25) is 0 Å². The van der Waals surface area contributed by atoms with E-state index in [1.54, 1.807) is 0 Å². The van der Waals surface area contributed by atoms with Crippen molar-refractivity contribution in [1.82, 2.24) is 0 Å². The molecule has 0 aliphatic heterocycles. The first kappa shape index (κ1) is 10.3. The molecule has 2 rings (SSSR count). The molecule has 12 heavy (non-hydrogen) atoms. The van der Waals surface area contributed by atoms with E-state index in [9.17, 15) is 0 Å². The molecule has 1 aliphatic rings. The molecule has 1 aromatic carbocycles. The molecule has 0 nitrogen and oxygen atoms in total. The molecule has 2 unspecified atom stereocenters. The number of halogens is 2. The Hall–Kier alpha value is 0.180. The summed E-state index contributed by atoms with van der Waals surface area (Å²) in [6.07, 6.45) is 1.37. The molecule has 0 aromatic heterocycles. The van der Waals surface area contributed by atoms with E-state index in [0.29, 0.717) is 0 Å². The summed E-state index contributed by atoms with van der Waals surface area (Å²) in [5.41, 5.74) is 1.51. The van der Waals surface area contributed by atoms with Gasteiger partial charge >= 0.3 is 0 Å². The Bertz CT molecular complexity index is 233. The average Bonchev–Trinajstić information content (AvgIpc) is 2.85. The molecule has 1 aliphatic carbocycles. The van der Waals surface area contributed by atoms with Crippen LogP contribution in [-0.2, 0) is 0 Å². The van der Waals surface area contributed by atoms with Gasteiger partial charge in [-0.3, -0.25) is 0 Å². The summed E-state index contributed by atoms with van der Waals surface area (Å²) < 4.78 is 0. The second kappa shape index (κ2) is 4.43. The van der Waals surface area contributed by atoms with Crippen LogP contribution in [0.15, 0.2) is 30.3 Å². The van der Waals surface area contributed by atoms with Crippen LogP contribution in [0.5, 0.6) is 0 Å². The molecule has 1 saturated carbocycles. The van der Waals surface area contributed by atoms with Crippen molar-refractivity contribution in [3.8, 4) is 0 Å². The quantitative estimate of drug-likeness (QED) is 0.728. The molecule has 1 fully saturated rings. The van der Waals surface area contributed by atoms with E-state index >= 15 is 0 Å². The third-order valence-electron chi connectivity index (χ3n) is 2.35. The topological polar surface area (TPSA) is 0 Å². The Morgan fingerprint density at radius 2 is 1.92 bits per heavy atom. The minimum Gasteiger partial charge on any atom is -0.114 e. The van der Waals surface area contributed by atoms with Gasteiger partial charge in [0, 0.05) is 5.33 Å². The van der Waals surface area contributed by atoms with Crippen LogP contribution in [0, 0.1) is 5.92 Å². The maximum Gasteiger partial charge on any atom is 0.00657 e. The van der Waals surface area contributed by atoms with E-state index < -0.39 is 0 Å². The first-order chi connectivity index (χ1) is 5.42. The van der Waals surface area contributed by atoms with E-state index in [0.717, 1.165) is 17.2 Å². The third-order valence-corrected chi connectivity index (χ3v) is 3.18. The number of rotatable bonds is 2. The van der Waals surface area contributed by atoms with Crippen LogP contribution in [0.25, 0.3) is 0 Å². The first-order valence-electron chi connectivity index (χ1n) is 4.02. The normalized spacial score (nSPS) is 26.1. The minimum atomic E-state index is 0. The fourth-order valence-electron chi connectivity index (χ4n) is 1.53. The molecular weight excluding hydrogens is 280 g/mol. The summed E-state index contributed by atoms with van der Waals surface area (Å²) >= 11 is 3.51. The van der Waals surface area contributed by atoms with Crippen LogP contribution in [0.1, 0.15) is 17.9 Å². The predicted octanol–water partition coefficient (Wildman–Crippen LogP) is 3.76. The van der Waals surface area contributed by atoms with E-state index in [4.69, 9.17) is 0 Å². The van der Waals surface area contributed by atoms with Gasteiger partial charge in [0.15, 0.2) is 0 Å². The molecule has 0 N–H and O–H groups in total. The lowest BCUT2D eigenvalue weighted by Crippen LogP contribution is -1.82. The molecule has 0 saturated heterocycles. The van der Waals surface area contributed by atoms with E-state index in [2.05, 4.69) is 46.3 Å². The zero-order valence-corrected chi connectivity index (χ0v) is 10.0. The van der Waals surface area contributed by atoms with Gasteiger partial charge in [-0.15, -0.1) is 17.0 Å². The highest BCUT2D eigenvalue weighted by molar-refractivity contribution is 9.09. The van der Waals surface area contributed by atoms with Crippen LogP contribution >= 0.6 is 32.9 Å². The van der Waals surface area contributed by atoms with Crippen LogP contribution < -0.4 is 0 Å². The monoisotopic (exact) mass is 290 g/mol. The van der Waals surface area contributed by atoms with Crippen molar-refractivity contribution < 1.29 is 0 Å². The van der Waals surface area contributed by atoms with Crippen LogP contribution in [0.3, 0.4) is 0 Å². The Balaban J connectivity index is 0.000000720. The van der Waals surface area contributed by atoms with Crippen molar-refractivity contribution in [2.75, 3.05) is 5.33 Å². The molecule has 2 heteroatoms. The maximum absolute atomic E-state index is 3.51. The fraction of sp³-hybridized carbons (Fsp3) is 0.400. The highest BCUT2D eigenvalue weighted by atomic mass is 79.9. The summed E-state index contributed by atoms with van der Waals surface area (Å²) in [4.78, 5) is 0. The lowest BCUT2D eigenvalue weighted by atomic mass is 10.1. The summed E-state index contributed by atoms with van der Waals surface area (Å²) in [5, 5.41) is 1.16. The van der Waals surface area contributed by atoms with Gasteiger partial charge in [-0.05, 0) is 23.8 Å². The number of alkyl halides is 1. The summed E-state index contributed by atoms with van der Waals surface area (Å²) in [5.74, 6) is 1.74. The predicted molar refractivity (Wildman–Crippen MR) is 61.4 cm³/mol. The number of hydrogen-bond acceptors (Lipinski definition) is 0. The van der Waals surface area contributed by atoms with Gasteiger partial charge in [-0.25, -0.2) is 0 Å². The van der Waals surface area contributed by atoms with Crippen molar-refractivity contribution in [3.63, 3.8) is 0 Å². The van der Waals surface area contributed by atoms with Gasteiger partial charge < -0.3 is 0 Å². The molecule has 0 amide bonds. The van der Waals surface area contributed by atoms with Crippen molar-refractivity contribution in [3.05, 3.63) is 35.9 Å². The average molecular weight is 292 g/mol. The third kappa shape index (κ3) is 2.11. The van der Waals surface area contributed by atoms with Gasteiger partial charge in [-0.1, -0.05) is 46.3 Å². The van der Waals surface area contributed by atoms with Crippen LogP contribution in [0.2, 0.25) is 0 Å². The van der Waals surface area contributed by atoms with Crippen molar-refractivity contribution >= 4 is 32.9 Å². The maximum atomic E-state index is 3.51. The number of hydrogen-bond donors (Lipinski definition) is 0. The summed E-state index contributed by atoms with van der Waals surface area (Å²) in [6.45, 7) is 0. The molecule has 2 atom stereocenters. The first-order valence-corrected chi connectivity index (χ1v) is 5.15. The summed E-state index contributed by atoms with van der Waals surface area (Å²) in [7, 11) is 0. The van der Waals surface area contributed by atoms with E-state index in [1.165, 1.54) is 12.0 Å². The van der Waals surface area contributed by atoms with Gasteiger partial charge in [0.05, 0.1) is 0 Å². The Morgan fingerprint density at radius 1 is 1.25 bits per heavy atom. The largest absolute Gasteiger partial charge is 0.114 e. The van der Waals surface area contributed by atoms with Crippen molar-refractivity contribution in [2.24, 2.45) is 5.92 Å². The van der Waals surface area contributed by atoms with Gasteiger partial charge in [-0.2, -0.15) is 0 Å². The molecular formula is C10H12Br2. The van der Waals surface area contributed by atoms with E-state index in [1.807, 2.05) is 0 Å². The Labute approximate surface area is 92.3 Å². The summed E-state index contributed by atoms with van der Waals surface area (Å²) in [6, 6.07) is 10.8. The van der Waals surface area contributed by atoms with Crippen molar-refractivity contribution in [1.29, 1.82) is 0 Å². The minimum absolute atomic E-state index is 0. The Morgan fingerprint density at radius 3 is 2.42 bits per heavy atom. The zero-order valence-electron chi connectivity index (χ0n) is 6.74. The molecule has 66 valence electrons. The molecule has 1 aromatic rings. The SMILES string of the molecule is Br.BrCC1CC1c1ccccc1. The van der Waals surface area contributed by atoms with Crippen LogP contribution in [-0.4, -0.2) is 5.33 Å². The molecule has 0 bridgehead atoms. The van der Waals surface area contributed by atoms with Crippen molar-refractivity contribution in [2.45, 2.75) is 12.3 Å². The molecule has 0 spiro atoms. The Kier molecular flexibility index (Phi) is 3.78. The zero-order chi connectivity index (χ0) is 7.68. The van der Waals surface area contributed by atoms with Gasteiger partial charge in [0.25, 0.3) is 0 Å². The highest BCUT2D eigenvalue weighted by Crippen LogP contribution is 2.47. The smallest absolute Gasteiger partial charge is 0.00657 e. The van der Waals surface area contributed by atoms with E-state index in [-0.39, 0.29) is 17.0 Å². The van der Waals surface area contributed by atoms with Gasteiger partial charge in [0.1, 0.15) is 0 Å². The lowest BCUT2D eigenvalue weighted by molar-refractivity contribution is 0.937. The highest BCUT2D eigenvalue weighted by Gasteiger charge is 2.36. The molecule has 0 heterocycles. The second-order valence-corrected chi connectivity index (χ2v) is 3.81. The second-order valence-electron chi connectivity index (χ2n) is 3.17. The number of benzene rings is 1.